The molecule has 1 unspecified atom stereocenters. The summed E-state index contributed by atoms with van der Waals surface area (Å²) in [5.74, 6) is 0.900. The summed E-state index contributed by atoms with van der Waals surface area (Å²) in [5, 5.41) is 3.47. The molecule has 1 aromatic rings. The molecule has 0 amide bonds. The minimum atomic E-state index is 0.141. The van der Waals surface area contributed by atoms with Gasteiger partial charge in [-0.3, -0.25) is 0 Å². The molecule has 114 valence electrons. The average molecular weight is 279 g/mol. The summed E-state index contributed by atoms with van der Waals surface area (Å²) in [4.78, 5) is 0. The Labute approximate surface area is 123 Å². The molecule has 0 fully saturated rings. The summed E-state index contributed by atoms with van der Waals surface area (Å²) >= 11 is 0. The number of nitrogens with one attached hydrogen (secondary N) is 1. The topological polar surface area (TPSA) is 30.5 Å². The van der Waals surface area contributed by atoms with Crippen molar-refractivity contribution in [3.8, 4) is 5.75 Å². The molecule has 0 radical (unpaired) electrons. The van der Waals surface area contributed by atoms with Crippen LogP contribution in [0.4, 0.5) is 0 Å². The first-order chi connectivity index (χ1) is 9.40. The molecule has 0 saturated carbocycles. The number of benzene rings is 1. The molecule has 3 heteroatoms. The monoisotopic (exact) mass is 279 g/mol. The van der Waals surface area contributed by atoms with E-state index in [1.807, 2.05) is 12.1 Å². The predicted molar refractivity (Wildman–Crippen MR) is 84.2 cm³/mol. The third kappa shape index (κ3) is 7.51. The van der Waals surface area contributed by atoms with Crippen LogP contribution >= 0.6 is 0 Å². The fraction of sp³-hybridized carbons (Fsp3) is 0.647. The molecule has 0 bridgehead atoms. The molecule has 1 rings (SSSR count). The SMILES string of the molecule is CCC(C)OCCOc1ccc(CNC(C)(C)C)cc1. The van der Waals surface area contributed by atoms with E-state index in [-0.39, 0.29) is 5.54 Å². The Bertz CT molecular complexity index is 368. The molecule has 0 heterocycles. The van der Waals surface area contributed by atoms with Gasteiger partial charge < -0.3 is 14.8 Å². The van der Waals surface area contributed by atoms with E-state index in [4.69, 9.17) is 9.47 Å². The smallest absolute Gasteiger partial charge is 0.119 e. The van der Waals surface area contributed by atoms with Crippen molar-refractivity contribution in [2.24, 2.45) is 0 Å². The highest BCUT2D eigenvalue weighted by molar-refractivity contribution is 5.27. The van der Waals surface area contributed by atoms with Gasteiger partial charge in [-0.15, -0.1) is 0 Å². The second-order valence-corrected chi connectivity index (χ2v) is 6.19. The van der Waals surface area contributed by atoms with Crippen LogP contribution in [0.1, 0.15) is 46.6 Å². The maximum atomic E-state index is 5.66. The lowest BCUT2D eigenvalue weighted by Crippen LogP contribution is -2.35. The van der Waals surface area contributed by atoms with Crippen LogP contribution in [0.25, 0.3) is 0 Å². The normalized spacial score (nSPS) is 13.2. The Morgan fingerprint density at radius 1 is 1.10 bits per heavy atom. The Kier molecular flexibility index (Phi) is 7.03. The molecule has 0 spiro atoms. The number of ether oxygens (including phenoxy) is 2. The van der Waals surface area contributed by atoms with Gasteiger partial charge in [-0.1, -0.05) is 19.1 Å². The lowest BCUT2D eigenvalue weighted by molar-refractivity contribution is 0.0427. The molecule has 3 nitrogen and oxygen atoms in total. The maximum absolute atomic E-state index is 5.66. The van der Waals surface area contributed by atoms with Crippen molar-refractivity contribution >= 4 is 0 Å². The maximum Gasteiger partial charge on any atom is 0.119 e. The third-order valence-electron chi connectivity index (χ3n) is 3.08. The molecule has 20 heavy (non-hydrogen) atoms. The zero-order chi connectivity index (χ0) is 15.0. The van der Waals surface area contributed by atoms with E-state index in [1.54, 1.807) is 0 Å². The zero-order valence-electron chi connectivity index (χ0n) is 13.5. The van der Waals surface area contributed by atoms with E-state index in [9.17, 15) is 0 Å². The van der Waals surface area contributed by atoms with Gasteiger partial charge >= 0.3 is 0 Å². The van der Waals surface area contributed by atoms with E-state index in [0.717, 1.165) is 18.7 Å². The molecule has 0 aliphatic heterocycles. The minimum absolute atomic E-state index is 0.141. The molecule has 0 aliphatic carbocycles. The van der Waals surface area contributed by atoms with Gasteiger partial charge in [-0.25, -0.2) is 0 Å². The lowest BCUT2D eigenvalue weighted by atomic mass is 10.1. The van der Waals surface area contributed by atoms with Crippen molar-refractivity contribution in [3.63, 3.8) is 0 Å². The van der Waals surface area contributed by atoms with Crippen molar-refractivity contribution in [3.05, 3.63) is 29.8 Å². The zero-order valence-corrected chi connectivity index (χ0v) is 13.5. The third-order valence-corrected chi connectivity index (χ3v) is 3.08. The van der Waals surface area contributed by atoms with E-state index < -0.39 is 0 Å². The standard InChI is InChI=1S/C17H29NO2/c1-6-14(2)19-11-12-20-16-9-7-15(8-10-16)13-18-17(3,4)5/h7-10,14,18H,6,11-13H2,1-5H3. The molecule has 1 atom stereocenters. The van der Waals surface area contributed by atoms with Crippen molar-refractivity contribution < 1.29 is 9.47 Å². The Balaban J connectivity index is 2.28. The van der Waals surface area contributed by atoms with Crippen molar-refractivity contribution in [1.29, 1.82) is 0 Å². The molecule has 1 aromatic carbocycles. The Morgan fingerprint density at radius 2 is 1.75 bits per heavy atom. The van der Waals surface area contributed by atoms with Gasteiger partial charge in [-0.2, -0.15) is 0 Å². The van der Waals surface area contributed by atoms with E-state index >= 15 is 0 Å². The molecule has 0 aromatic heterocycles. The van der Waals surface area contributed by atoms with Gasteiger partial charge in [0.05, 0.1) is 12.7 Å². The Hall–Kier alpha value is -1.06. The Morgan fingerprint density at radius 3 is 2.30 bits per heavy atom. The highest BCUT2D eigenvalue weighted by Crippen LogP contribution is 2.13. The van der Waals surface area contributed by atoms with Crippen LogP contribution in [-0.4, -0.2) is 24.9 Å². The van der Waals surface area contributed by atoms with Gasteiger partial charge in [0.2, 0.25) is 0 Å². The minimum Gasteiger partial charge on any atom is -0.491 e. The summed E-state index contributed by atoms with van der Waals surface area (Å²) in [6, 6.07) is 8.24. The van der Waals surface area contributed by atoms with Gasteiger partial charge in [0.25, 0.3) is 0 Å². The second kappa shape index (κ2) is 8.28. The molecule has 1 N–H and O–H groups in total. The fourth-order valence-electron chi connectivity index (χ4n) is 1.60. The quantitative estimate of drug-likeness (QED) is 0.735. The molecular weight excluding hydrogens is 250 g/mol. The first-order valence-corrected chi connectivity index (χ1v) is 7.49. The first-order valence-electron chi connectivity index (χ1n) is 7.49. The number of hydrogen-bond acceptors (Lipinski definition) is 3. The van der Waals surface area contributed by atoms with E-state index in [1.165, 1.54) is 5.56 Å². The second-order valence-electron chi connectivity index (χ2n) is 6.19. The number of hydrogen-bond donors (Lipinski definition) is 1. The van der Waals surface area contributed by atoms with Crippen molar-refractivity contribution in [2.45, 2.75) is 59.2 Å². The van der Waals surface area contributed by atoms with Crippen LogP contribution in [0.15, 0.2) is 24.3 Å². The van der Waals surface area contributed by atoms with Crippen LogP contribution in [0.2, 0.25) is 0 Å². The largest absolute Gasteiger partial charge is 0.491 e. The van der Waals surface area contributed by atoms with Gasteiger partial charge in [0, 0.05) is 12.1 Å². The van der Waals surface area contributed by atoms with Crippen LogP contribution < -0.4 is 10.1 Å². The highest BCUT2D eigenvalue weighted by Gasteiger charge is 2.08. The highest BCUT2D eigenvalue weighted by atomic mass is 16.5. The lowest BCUT2D eigenvalue weighted by Gasteiger charge is -2.20. The summed E-state index contributed by atoms with van der Waals surface area (Å²) < 4.78 is 11.2. The molecular formula is C17H29NO2. The van der Waals surface area contributed by atoms with E-state index in [0.29, 0.717) is 19.3 Å². The molecule has 0 saturated heterocycles. The van der Waals surface area contributed by atoms with Crippen LogP contribution in [0.3, 0.4) is 0 Å². The fourth-order valence-corrected chi connectivity index (χ4v) is 1.60. The summed E-state index contributed by atoms with van der Waals surface area (Å²) in [7, 11) is 0. The van der Waals surface area contributed by atoms with Gasteiger partial charge in [-0.05, 0) is 51.8 Å². The van der Waals surface area contributed by atoms with Crippen LogP contribution in [0.5, 0.6) is 5.75 Å². The average Bonchev–Trinajstić information content (AvgIpc) is 2.41. The van der Waals surface area contributed by atoms with E-state index in [2.05, 4.69) is 52.1 Å². The predicted octanol–water partition coefficient (Wildman–Crippen LogP) is 3.77. The number of rotatable bonds is 8. The summed E-state index contributed by atoms with van der Waals surface area (Å²) in [6.07, 6.45) is 1.35. The summed E-state index contributed by atoms with van der Waals surface area (Å²) in [6.45, 7) is 12.8. The van der Waals surface area contributed by atoms with Gasteiger partial charge in [0.15, 0.2) is 0 Å². The van der Waals surface area contributed by atoms with Gasteiger partial charge in [0.1, 0.15) is 12.4 Å². The first kappa shape index (κ1) is 17.0. The molecule has 0 aliphatic rings. The van der Waals surface area contributed by atoms with Crippen molar-refractivity contribution in [1.82, 2.24) is 5.32 Å². The van der Waals surface area contributed by atoms with Crippen LogP contribution in [-0.2, 0) is 11.3 Å². The van der Waals surface area contributed by atoms with Crippen LogP contribution in [0, 0.1) is 0 Å². The van der Waals surface area contributed by atoms with Crippen molar-refractivity contribution in [2.75, 3.05) is 13.2 Å². The summed E-state index contributed by atoms with van der Waals surface area (Å²) in [5.41, 5.74) is 1.41.